The van der Waals surface area contributed by atoms with Gasteiger partial charge in [0.15, 0.2) is 0 Å². The van der Waals surface area contributed by atoms with E-state index in [1.165, 1.54) is 6.08 Å². The van der Waals surface area contributed by atoms with Crippen molar-refractivity contribution in [2.45, 2.75) is 18.9 Å². The molecular formula is C13H16N2O4. The van der Waals surface area contributed by atoms with E-state index in [9.17, 15) is 9.59 Å². The second kappa shape index (κ2) is 7.86. The summed E-state index contributed by atoms with van der Waals surface area (Å²) in [5.41, 5.74) is 0.961. The van der Waals surface area contributed by atoms with Gasteiger partial charge >= 0.3 is 12.1 Å². The summed E-state index contributed by atoms with van der Waals surface area (Å²) in [4.78, 5) is 26.2. The van der Waals surface area contributed by atoms with E-state index in [0.717, 1.165) is 5.56 Å². The molecule has 0 fully saturated rings. The number of nitrogens with one attached hydrogen (secondary N) is 1. The molecule has 0 aliphatic rings. The fourth-order valence-corrected chi connectivity index (χ4v) is 1.44. The first-order chi connectivity index (χ1) is 9.13. The summed E-state index contributed by atoms with van der Waals surface area (Å²) in [6, 6.07) is 2.62. The summed E-state index contributed by atoms with van der Waals surface area (Å²) in [5.74, 6) is -1.09. The van der Waals surface area contributed by atoms with Crippen molar-refractivity contribution < 1.29 is 19.4 Å². The van der Waals surface area contributed by atoms with Crippen LogP contribution in [0.4, 0.5) is 4.79 Å². The number of hydrogen-bond donors (Lipinski definition) is 2. The molecule has 1 heterocycles. The van der Waals surface area contributed by atoms with Crippen LogP contribution in [0.2, 0.25) is 0 Å². The monoisotopic (exact) mass is 264 g/mol. The zero-order valence-electron chi connectivity index (χ0n) is 10.4. The number of alkyl carbamates (subject to hydrolysis) is 1. The summed E-state index contributed by atoms with van der Waals surface area (Å²) in [7, 11) is 0. The van der Waals surface area contributed by atoms with Crippen LogP contribution in [0.5, 0.6) is 0 Å². The first kappa shape index (κ1) is 14.7. The Morgan fingerprint density at radius 1 is 1.47 bits per heavy atom. The number of carboxylic acids is 1. The Hall–Kier alpha value is -2.37. The van der Waals surface area contributed by atoms with Crippen LogP contribution in [0.15, 0.2) is 37.2 Å². The Morgan fingerprint density at radius 3 is 2.74 bits per heavy atom. The van der Waals surface area contributed by atoms with Crippen molar-refractivity contribution in [3.63, 3.8) is 0 Å². The van der Waals surface area contributed by atoms with Crippen molar-refractivity contribution in [1.29, 1.82) is 0 Å². The lowest BCUT2D eigenvalue weighted by Gasteiger charge is -2.14. The summed E-state index contributed by atoms with van der Waals surface area (Å²) >= 11 is 0. The van der Waals surface area contributed by atoms with Crippen molar-refractivity contribution in [2.75, 3.05) is 6.61 Å². The lowest BCUT2D eigenvalue weighted by molar-refractivity contribution is -0.139. The Bertz CT molecular complexity index is 434. The van der Waals surface area contributed by atoms with Gasteiger partial charge in [-0.15, -0.1) is 0 Å². The zero-order valence-corrected chi connectivity index (χ0v) is 10.4. The van der Waals surface area contributed by atoms with E-state index >= 15 is 0 Å². The Morgan fingerprint density at radius 2 is 2.16 bits per heavy atom. The van der Waals surface area contributed by atoms with Crippen LogP contribution >= 0.6 is 0 Å². The molecule has 1 amide bonds. The minimum Gasteiger partial charge on any atom is -0.480 e. The first-order valence-corrected chi connectivity index (χ1v) is 5.79. The minimum absolute atomic E-state index is 0.0442. The van der Waals surface area contributed by atoms with Gasteiger partial charge < -0.3 is 15.2 Å². The molecule has 1 unspecified atom stereocenters. The Labute approximate surface area is 111 Å². The van der Waals surface area contributed by atoms with E-state index in [1.807, 2.05) is 0 Å². The maximum absolute atomic E-state index is 11.3. The van der Waals surface area contributed by atoms with Crippen LogP contribution in [0.3, 0.4) is 0 Å². The Kier molecular flexibility index (Phi) is 6.08. The molecule has 0 bridgehead atoms. The van der Waals surface area contributed by atoms with Gasteiger partial charge in [-0.25, -0.2) is 9.59 Å². The predicted octanol–water partition coefficient (Wildman–Crippen LogP) is 1.38. The lowest BCUT2D eigenvalue weighted by Crippen LogP contribution is -2.41. The highest BCUT2D eigenvalue weighted by Gasteiger charge is 2.20. The lowest BCUT2D eigenvalue weighted by atomic mass is 10.1. The van der Waals surface area contributed by atoms with E-state index in [0.29, 0.717) is 6.42 Å². The standard InChI is InChI=1S/C13H16N2O4/c1-2-9-19-13(18)15-11(12(16)17)4-3-10-5-7-14-8-6-10/h2,5-8,11H,1,3-4,9H2,(H,15,18)(H,16,17). The molecule has 1 atom stereocenters. The van der Waals surface area contributed by atoms with Gasteiger partial charge in [-0.05, 0) is 30.5 Å². The minimum atomic E-state index is -1.09. The largest absolute Gasteiger partial charge is 0.480 e. The molecule has 1 aromatic rings. The molecule has 0 saturated heterocycles. The van der Waals surface area contributed by atoms with Crippen molar-refractivity contribution in [3.05, 3.63) is 42.7 Å². The van der Waals surface area contributed by atoms with Crippen molar-refractivity contribution in [3.8, 4) is 0 Å². The number of nitrogens with zero attached hydrogens (tertiary/aromatic N) is 1. The van der Waals surface area contributed by atoms with Gasteiger partial charge in [-0.2, -0.15) is 0 Å². The normalized spacial score (nSPS) is 11.4. The third kappa shape index (κ3) is 5.67. The zero-order chi connectivity index (χ0) is 14.1. The first-order valence-electron chi connectivity index (χ1n) is 5.79. The molecule has 19 heavy (non-hydrogen) atoms. The van der Waals surface area contributed by atoms with Gasteiger partial charge in [0, 0.05) is 12.4 Å². The highest BCUT2D eigenvalue weighted by atomic mass is 16.5. The topological polar surface area (TPSA) is 88.5 Å². The van der Waals surface area contributed by atoms with Gasteiger partial charge in [0.25, 0.3) is 0 Å². The summed E-state index contributed by atoms with van der Waals surface area (Å²) in [5, 5.41) is 11.3. The van der Waals surface area contributed by atoms with E-state index in [1.54, 1.807) is 24.5 Å². The highest BCUT2D eigenvalue weighted by Crippen LogP contribution is 2.04. The Balaban J connectivity index is 2.47. The van der Waals surface area contributed by atoms with Crippen LogP contribution in [0, 0.1) is 0 Å². The second-order valence-electron chi connectivity index (χ2n) is 3.82. The highest BCUT2D eigenvalue weighted by molar-refractivity contribution is 5.79. The molecule has 6 nitrogen and oxygen atoms in total. The number of ether oxygens (including phenoxy) is 1. The summed E-state index contributed by atoms with van der Waals surface area (Å²) < 4.78 is 4.68. The van der Waals surface area contributed by atoms with Gasteiger partial charge in [-0.3, -0.25) is 4.98 Å². The SMILES string of the molecule is C=CCOC(=O)NC(CCc1ccncc1)C(=O)O. The van der Waals surface area contributed by atoms with E-state index in [2.05, 4.69) is 21.6 Å². The molecule has 0 radical (unpaired) electrons. The quantitative estimate of drug-likeness (QED) is 0.726. The van der Waals surface area contributed by atoms with Crippen LogP contribution in [0.25, 0.3) is 0 Å². The molecule has 0 aliphatic carbocycles. The second-order valence-corrected chi connectivity index (χ2v) is 3.82. The van der Waals surface area contributed by atoms with E-state index < -0.39 is 18.1 Å². The van der Waals surface area contributed by atoms with Crippen molar-refractivity contribution in [1.82, 2.24) is 10.3 Å². The number of aryl methyl sites for hydroxylation is 1. The van der Waals surface area contributed by atoms with Crippen LogP contribution in [-0.2, 0) is 16.0 Å². The number of rotatable bonds is 7. The summed E-state index contributed by atoms with van der Waals surface area (Å²) in [6.07, 6.45) is 4.73. The number of carbonyl (C=O) groups is 2. The van der Waals surface area contributed by atoms with E-state index in [-0.39, 0.29) is 13.0 Å². The molecule has 0 spiro atoms. The van der Waals surface area contributed by atoms with Crippen LogP contribution < -0.4 is 5.32 Å². The molecule has 0 saturated carbocycles. The molecule has 0 aromatic carbocycles. The smallest absolute Gasteiger partial charge is 0.408 e. The third-order valence-electron chi connectivity index (χ3n) is 2.39. The molecule has 6 heteroatoms. The van der Waals surface area contributed by atoms with Crippen molar-refractivity contribution >= 4 is 12.1 Å². The number of pyridine rings is 1. The van der Waals surface area contributed by atoms with Gasteiger partial charge in [-0.1, -0.05) is 12.7 Å². The molecule has 1 aromatic heterocycles. The number of aliphatic carboxylic acids is 1. The number of carbonyl (C=O) groups excluding carboxylic acids is 1. The van der Waals surface area contributed by atoms with E-state index in [4.69, 9.17) is 5.11 Å². The average Bonchev–Trinajstić information content (AvgIpc) is 2.42. The molecular weight excluding hydrogens is 248 g/mol. The van der Waals surface area contributed by atoms with Crippen LogP contribution in [-0.4, -0.2) is 34.8 Å². The molecule has 0 aliphatic heterocycles. The number of aromatic nitrogens is 1. The molecule has 102 valence electrons. The fourth-order valence-electron chi connectivity index (χ4n) is 1.44. The maximum atomic E-state index is 11.3. The number of amides is 1. The fraction of sp³-hybridized carbons (Fsp3) is 0.308. The number of hydrogen-bond acceptors (Lipinski definition) is 4. The van der Waals surface area contributed by atoms with Crippen LogP contribution in [0.1, 0.15) is 12.0 Å². The molecule has 2 N–H and O–H groups in total. The predicted molar refractivity (Wildman–Crippen MR) is 68.7 cm³/mol. The third-order valence-corrected chi connectivity index (χ3v) is 2.39. The summed E-state index contributed by atoms with van der Waals surface area (Å²) in [6.45, 7) is 3.44. The van der Waals surface area contributed by atoms with Gasteiger partial charge in [0.2, 0.25) is 0 Å². The maximum Gasteiger partial charge on any atom is 0.408 e. The average molecular weight is 264 g/mol. The van der Waals surface area contributed by atoms with Crippen molar-refractivity contribution in [2.24, 2.45) is 0 Å². The number of carboxylic acid groups (broad SMARTS) is 1. The van der Waals surface area contributed by atoms with Gasteiger partial charge in [0.1, 0.15) is 12.6 Å². The van der Waals surface area contributed by atoms with Gasteiger partial charge in [0.05, 0.1) is 0 Å². The molecule has 1 rings (SSSR count).